The van der Waals surface area contributed by atoms with E-state index in [4.69, 9.17) is 0 Å². The van der Waals surface area contributed by atoms with Gasteiger partial charge in [-0.3, -0.25) is 0 Å². The van der Waals surface area contributed by atoms with Crippen LogP contribution in [-0.4, -0.2) is 20.4 Å². The summed E-state index contributed by atoms with van der Waals surface area (Å²) in [6.45, 7) is 5.99. The van der Waals surface area contributed by atoms with E-state index in [1.165, 1.54) is 6.07 Å². The van der Waals surface area contributed by atoms with Crippen molar-refractivity contribution in [3.05, 3.63) is 47.0 Å². The van der Waals surface area contributed by atoms with E-state index >= 15 is 0 Å². The average molecular weight is 302 g/mol. The molecule has 4 N–H and O–H groups in total. The molecule has 2 aromatic rings. The number of rotatable bonds is 4. The molecule has 1 atom stereocenters. The summed E-state index contributed by atoms with van der Waals surface area (Å²) < 4.78 is 0. The fourth-order valence-corrected chi connectivity index (χ4v) is 2.74. The molecule has 4 nitrogen and oxygen atoms in total. The van der Waals surface area contributed by atoms with Crippen molar-refractivity contribution in [2.24, 2.45) is 0 Å². The summed E-state index contributed by atoms with van der Waals surface area (Å²) in [7, 11) is 0. The van der Waals surface area contributed by atoms with Crippen molar-refractivity contribution in [2.45, 2.75) is 39.0 Å². The molecule has 0 saturated heterocycles. The van der Waals surface area contributed by atoms with Gasteiger partial charge in [-0.1, -0.05) is 32.9 Å². The monoisotopic (exact) mass is 302 g/mol. The quantitative estimate of drug-likeness (QED) is 0.644. The standard InChI is InChI=1S/C18H22O4/c1-10(2)14-9-17(21)16(20)8-12(14)7-11(3)13-5-4-6-15(19)18(13)22/h4-6,8-11,19-22H,7H2,1-3H3. The number of benzene rings is 2. The van der Waals surface area contributed by atoms with E-state index in [1.54, 1.807) is 24.3 Å². The lowest BCUT2D eigenvalue weighted by Gasteiger charge is -2.19. The zero-order valence-corrected chi connectivity index (χ0v) is 13.0. The van der Waals surface area contributed by atoms with Crippen LogP contribution >= 0.6 is 0 Å². The summed E-state index contributed by atoms with van der Waals surface area (Å²) in [5.41, 5.74) is 2.53. The molecule has 0 aromatic heterocycles. The molecule has 2 aromatic carbocycles. The molecule has 0 fully saturated rings. The molecule has 22 heavy (non-hydrogen) atoms. The Hall–Kier alpha value is -2.36. The summed E-state index contributed by atoms with van der Waals surface area (Å²) >= 11 is 0. The summed E-state index contributed by atoms with van der Waals surface area (Å²) in [5.74, 6) is -0.363. The zero-order valence-electron chi connectivity index (χ0n) is 13.0. The molecule has 0 bridgehead atoms. The normalized spacial score (nSPS) is 12.5. The highest BCUT2D eigenvalue weighted by Crippen LogP contribution is 2.38. The molecular weight excluding hydrogens is 280 g/mol. The fourth-order valence-electron chi connectivity index (χ4n) is 2.74. The first-order valence-electron chi connectivity index (χ1n) is 7.36. The first-order chi connectivity index (χ1) is 10.3. The lowest BCUT2D eigenvalue weighted by Crippen LogP contribution is -2.03. The predicted molar refractivity (Wildman–Crippen MR) is 85.8 cm³/mol. The first kappa shape index (κ1) is 16.0. The Balaban J connectivity index is 2.37. The number of phenolic OH excluding ortho intramolecular Hbond substituents is 4. The summed E-state index contributed by atoms with van der Waals surface area (Å²) in [5, 5.41) is 39.0. The van der Waals surface area contributed by atoms with E-state index in [2.05, 4.69) is 0 Å². The van der Waals surface area contributed by atoms with Crippen LogP contribution in [0.4, 0.5) is 0 Å². The van der Waals surface area contributed by atoms with Crippen LogP contribution in [0.1, 0.15) is 49.3 Å². The van der Waals surface area contributed by atoms with E-state index in [9.17, 15) is 20.4 Å². The average Bonchev–Trinajstić information content (AvgIpc) is 2.45. The second kappa shape index (κ2) is 6.18. The Bertz CT molecular complexity index is 677. The van der Waals surface area contributed by atoms with Gasteiger partial charge in [0.05, 0.1) is 0 Å². The van der Waals surface area contributed by atoms with Gasteiger partial charge < -0.3 is 20.4 Å². The molecule has 1 unspecified atom stereocenters. The minimum absolute atomic E-state index is 0.0476. The third-order valence-electron chi connectivity index (χ3n) is 3.96. The minimum Gasteiger partial charge on any atom is -0.504 e. The predicted octanol–water partition coefficient (Wildman–Crippen LogP) is 3.98. The molecule has 0 aliphatic rings. The number of para-hydroxylation sites is 1. The van der Waals surface area contributed by atoms with Crippen LogP contribution in [0.25, 0.3) is 0 Å². The van der Waals surface area contributed by atoms with Crippen LogP contribution in [0.3, 0.4) is 0 Å². The lowest BCUT2D eigenvalue weighted by molar-refractivity contribution is 0.396. The van der Waals surface area contributed by atoms with Crippen molar-refractivity contribution < 1.29 is 20.4 Å². The van der Waals surface area contributed by atoms with Crippen molar-refractivity contribution in [1.82, 2.24) is 0 Å². The molecule has 4 heteroatoms. The number of phenols is 4. The topological polar surface area (TPSA) is 80.9 Å². The van der Waals surface area contributed by atoms with Gasteiger partial charge in [-0.05, 0) is 47.6 Å². The number of aromatic hydroxyl groups is 4. The van der Waals surface area contributed by atoms with Crippen LogP contribution < -0.4 is 0 Å². The van der Waals surface area contributed by atoms with E-state index in [-0.39, 0.29) is 34.8 Å². The molecule has 0 aliphatic carbocycles. The van der Waals surface area contributed by atoms with E-state index in [1.807, 2.05) is 20.8 Å². The van der Waals surface area contributed by atoms with Crippen molar-refractivity contribution in [3.8, 4) is 23.0 Å². The van der Waals surface area contributed by atoms with Gasteiger partial charge in [-0.2, -0.15) is 0 Å². The van der Waals surface area contributed by atoms with E-state index in [0.29, 0.717) is 12.0 Å². The molecule has 0 radical (unpaired) electrons. The zero-order chi connectivity index (χ0) is 16.4. The maximum atomic E-state index is 9.98. The Morgan fingerprint density at radius 2 is 1.45 bits per heavy atom. The second-order valence-corrected chi connectivity index (χ2v) is 6.01. The summed E-state index contributed by atoms with van der Waals surface area (Å²) in [6.07, 6.45) is 0.582. The first-order valence-corrected chi connectivity index (χ1v) is 7.36. The Kier molecular flexibility index (Phi) is 4.50. The van der Waals surface area contributed by atoms with Gasteiger partial charge in [-0.25, -0.2) is 0 Å². The van der Waals surface area contributed by atoms with Crippen LogP contribution in [0.5, 0.6) is 23.0 Å². The van der Waals surface area contributed by atoms with Gasteiger partial charge in [0.15, 0.2) is 23.0 Å². The fraction of sp³-hybridized carbons (Fsp3) is 0.333. The highest BCUT2D eigenvalue weighted by molar-refractivity contribution is 5.49. The van der Waals surface area contributed by atoms with Gasteiger partial charge in [0.1, 0.15) is 0 Å². The third-order valence-corrected chi connectivity index (χ3v) is 3.96. The second-order valence-electron chi connectivity index (χ2n) is 6.01. The number of hydrogen-bond donors (Lipinski definition) is 4. The molecule has 0 spiro atoms. The smallest absolute Gasteiger partial charge is 0.160 e. The molecule has 0 aliphatic heterocycles. The van der Waals surface area contributed by atoms with Gasteiger partial charge in [0.25, 0.3) is 0 Å². The molecule has 0 saturated carbocycles. The van der Waals surface area contributed by atoms with Gasteiger partial charge >= 0.3 is 0 Å². The molecule has 0 heterocycles. The van der Waals surface area contributed by atoms with Crippen LogP contribution in [0.15, 0.2) is 30.3 Å². The Morgan fingerprint density at radius 3 is 2.09 bits per heavy atom. The summed E-state index contributed by atoms with van der Waals surface area (Å²) in [6, 6.07) is 8.07. The largest absolute Gasteiger partial charge is 0.504 e. The molecule has 118 valence electrons. The SMILES string of the molecule is CC(C)c1cc(O)c(O)cc1CC(C)c1cccc(O)c1O. The van der Waals surface area contributed by atoms with Crippen molar-refractivity contribution >= 4 is 0 Å². The maximum Gasteiger partial charge on any atom is 0.160 e. The third kappa shape index (κ3) is 3.11. The van der Waals surface area contributed by atoms with Crippen LogP contribution in [-0.2, 0) is 6.42 Å². The maximum absolute atomic E-state index is 9.98. The van der Waals surface area contributed by atoms with E-state index < -0.39 is 0 Å². The molecule has 2 rings (SSSR count). The van der Waals surface area contributed by atoms with Gasteiger partial charge in [0, 0.05) is 5.56 Å². The Morgan fingerprint density at radius 1 is 0.818 bits per heavy atom. The molecular formula is C18H22O4. The van der Waals surface area contributed by atoms with Crippen LogP contribution in [0.2, 0.25) is 0 Å². The van der Waals surface area contributed by atoms with Gasteiger partial charge in [-0.15, -0.1) is 0 Å². The van der Waals surface area contributed by atoms with Crippen LogP contribution in [0, 0.1) is 0 Å². The highest BCUT2D eigenvalue weighted by atomic mass is 16.3. The van der Waals surface area contributed by atoms with Gasteiger partial charge in [0.2, 0.25) is 0 Å². The number of hydrogen-bond acceptors (Lipinski definition) is 4. The lowest BCUT2D eigenvalue weighted by atomic mass is 9.87. The van der Waals surface area contributed by atoms with Crippen molar-refractivity contribution in [2.75, 3.05) is 0 Å². The highest BCUT2D eigenvalue weighted by Gasteiger charge is 2.18. The van der Waals surface area contributed by atoms with E-state index in [0.717, 1.165) is 11.1 Å². The van der Waals surface area contributed by atoms with Crippen molar-refractivity contribution in [3.63, 3.8) is 0 Å². The molecule has 0 amide bonds. The Labute approximate surface area is 130 Å². The minimum atomic E-state index is -0.147. The summed E-state index contributed by atoms with van der Waals surface area (Å²) in [4.78, 5) is 0. The van der Waals surface area contributed by atoms with Crippen molar-refractivity contribution in [1.29, 1.82) is 0 Å².